The lowest BCUT2D eigenvalue weighted by Crippen LogP contribution is -2.23. The number of likely N-dealkylation sites (tertiary alicyclic amines) is 1. The maximum Gasteiger partial charge on any atom is 0.256 e. The topological polar surface area (TPSA) is 93.4 Å². The molecular formula is C26H24FN5O3. The second kappa shape index (κ2) is 10.0. The number of hydrogen-bond donors (Lipinski definition) is 1. The molecule has 8 nitrogen and oxygen atoms in total. The highest BCUT2D eigenvalue weighted by atomic mass is 19.1. The van der Waals surface area contributed by atoms with Crippen LogP contribution in [-0.4, -0.2) is 39.6 Å². The minimum Gasteiger partial charge on any atom is -0.497 e. The van der Waals surface area contributed by atoms with E-state index in [1.54, 1.807) is 61.8 Å². The summed E-state index contributed by atoms with van der Waals surface area (Å²) in [6.07, 6.45) is 3.54. The number of nitrogens with one attached hydrogen (secondary N) is 1. The standard InChI is InChI=1S/C26H24FN5O3/c1-34-21-11-6-18(7-12-21)25(33)29-23-13-8-19(15-28-23)24-30-26(35-31-24)22-3-2-14-32(22)16-17-4-9-20(27)10-5-17/h4-13,15,22H,2-3,14,16H2,1H3,(H,28,29,33)/t22-/m0/s1. The summed E-state index contributed by atoms with van der Waals surface area (Å²) in [5.41, 5.74) is 2.22. The fourth-order valence-corrected chi connectivity index (χ4v) is 4.14. The molecule has 0 spiro atoms. The molecule has 0 aliphatic carbocycles. The number of nitrogens with zero attached hydrogens (tertiary/aromatic N) is 4. The number of aromatic nitrogens is 3. The number of methoxy groups -OCH3 is 1. The van der Waals surface area contributed by atoms with Crippen molar-refractivity contribution in [3.05, 3.63) is 89.7 Å². The van der Waals surface area contributed by atoms with Gasteiger partial charge in [0.2, 0.25) is 11.7 Å². The van der Waals surface area contributed by atoms with E-state index in [1.807, 2.05) is 0 Å². The number of ether oxygens (including phenoxy) is 1. The van der Waals surface area contributed by atoms with Crippen LogP contribution in [0.5, 0.6) is 5.75 Å². The van der Waals surface area contributed by atoms with E-state index >= 15 is 0 Å². The van der Waals surface area contributed by atoms with Crippen LogP contribution in [0.25, 0.3) is 11.4 Å². The first-order valence-electron chi connectivity index (χ1n) is 11.3. The Labute approximate surface area is 201 Å². The SMILES string of the molecule is COc1ccc(C(=O)Nc2ccc(-c3noc([C@@H]4CCCN4Cc4ccc(F)cc4)n3)cn2)cc1. The first-order valence-corrected chi connectivity index (χ1v) is 11.3. The van der Waals surface area contributed by atoms with Gasteiger partial charge < -0.3 is 14.6 Å². The molecular weight excluding hydrogens is 449 g/mol. The van der Waals surface area contributed by atoms with Gasteiger partial charge in [0.25, 0.3) is 5.91 Å². The summed E-state index contributed by atoms with van der Waals surface area (Å²) in [4.78, 5) is 23.6. The van der Waals surface area contributed by atoms with Crippen molar-refractivity contribution >= 4 is 11.7 Å². The largest absolute Gasteiger partial charge is 0.497 e. The van der Waals surface area contributed by atoms with Crippen LogP contribution < -0.4 is 10.1 Å². The quantitative estimate of drug-likeness (QED) is 0.409. The highest BCUT2D eigenvalue weighted by Crippen LogP contribution is 2.33. The Morgan fingerprint density at radius 1 is 1.14 bits per heavy atom. The molecule has 35 heavy (non-hydrogen) atoms. The van der Waals surface area contributed by atoms with Crippen LogP contribution in [-0.2, 0) is 6.54 Å². The maximum atomic E-state index is 13.2. The third kappa shape index (κ3) is 5.20. The number of amides is 1. The predicted octanol–water partition coefficient (Wildman–Crippen LogP) is 4.87. The van der Waals surface area contributed by atoms with E-state index < -0.39 is 0 Å². The Kier molecular flexibility index (Phi) is 6.49. The van der Waals surface area contributed by atoms with Crippen molar-refractivity contribution in [3.63, 3.8) is 0 Å². The van der Waals surface area contributed by atoms with Crippen molar-refractivity contribution in [2.24, 2.45) is 0 Å². The summed E-state index contributed by atoms with van der Waals surface area (Å²) < 4.78 is 23.9. The highest BCUT2D eigenvalue weighted by molar-refractivity contribution is 6.03. The second-order valence-electron chi connectivity index (χ2n) is 8.33. The normalized spacial score (nSPS) is 15.8. The number of rotatable bonds is 7. The Morgan fingerprint density at radius 3 is 2.66 bits per heavy atom. The zero-order valence-electron chi connectivity index (χ0n) is 19.1. The predicted molar refractivity (Wildman–Crippen MR) is 127 cm³/mol. The Balaban J connectivity index is 1.24. The molecule has 1 aliphatic heterocycles. The monoisotopic (exact) mass is 473 g/mol. The highest BCUT2D eigenvalue weighted by Gasteiger charge is 2.30. The summed E-state index contributed by atoms with van der Waals surface area (Å²) in [5.74, 6) is 1.58. The molecule has 1 saturated heterocycles. The van der Waals surface area contributed by atoms with E-state index in [1.165, 1.54) is 12.1 Å². The minimum atomic E-state index is -0.266. The molecule has 1 fully saturated rings. The molecule has 0 saturated carbocycles. The molecule has 0 bridgehead atoms. The van der Waals surface area contributed by atoms with Crippen molar-refractivity contribution in [2.45, 2.75) is 25.4 Å². The van der Waals surface area contributed by atoms with Crippen LogP contribution in [0.4, 0.5) is 10.2 Å². The van der Waals surface area contributed by atoms with E-state index in [4.69, 9.17) is 9.26 Å². The number of carbonyl (C=O) groups excluding carboxylic acids is 1. The number of hydrogen-bond acceptors (Lipinski definition) is 7. The van der Waals surface area contributed by atoms with Crippen LogP contribution in [0.15, 0.2) is 71.4 Å². The Morgan fingerprint density at radius 2 is 1.94 bits per heavy atom. The average molecular weight is 474 g/mol. The molecule has 1 N–H and O–H groups in total. The smallest absolute Gasteiger partial charge is 0.256 e. The van der Waals surface area contributed by atoms with Crippen LogP contribution in [0, 0.1) is 5.82 Å². The molecule has 178 valence electrons. The first-order chi connectivity index (χ1) is 17.1. The van der Waals surface area contributed by atoms with Crippen molar-refractivity contribution in [3.8, 4) is 17.1 Å². The van der Waals surface area contributed by atoms with Crippen LogP contribution in [0.2, 0.25) is 0 Å². The fraction of sp³-hybridized carbons (Fsp3) is 0.231. The van der Waals surface area contributed by atoms with Gasteiger partial charge in [-0.05, 0) is 73.5 Å². The second-order valence-corrected chi connectivity index (χ2v) is 8.33. The van der Waals surface area contributed by atoms with Crippen molar-refractivity contribution in [1.29, 1.82) is 0 Å². The summed E-state index contributed by atoms with van der Waals surface area (Å²) >= 11 is 0. The van der Waals surface area contributed by atoms with Gasteiger partial charge in [-0.3, -0.25) is 9.69 Å². The third-order valence-corrected chi connectivity index (χ3v) is 6.00. The zero-order valence-corrected chi connectivity index (χ0v) is 19.1. The number of benzene rings is 2. The van der Waals surface area contributed by atoms with Crippen LogP contribution in [0.3, 0.4) is 0 Å². The summed E-state index contributed by atoms with van der Waals surface area (Å²) in [6, 6.07) is 16.9. The number of pyridine rings is 1. The van der Waals surface area contributed by atoms with Gasteiger partial charge in [-0.25, -0.2) is 9.37 Å². The van der Waals surface area contributed by atoms with Crippen LogP contribution in [0.1, 0.15) is 40.7 Å². The van der Waals surface area contributed by atoms with Gasteiger partial charge in [0, 0.05) is 23.9 Å². The molecule has 1 atom stereocenters. The molecule has 0 radical (unpaired) electrons. The molecule has 5 rings (SSSR count). The molecule has 1 aliphatic rings. The number of halogens is 1. The van der Waals surface area contributed by atoms with E-state index in [0.717, 1.165) is 24.9 Å². The van der Waals surface area contributed by atoms with Crippen molar-refractivity contribution in [2.75, 3.05) is 19.0 Å². The zero-order chi connectivity index (χ0) is 24.2. The lowest BCUT2D eigenvalue weighted by molar-refractivity contribution is 0.102. The number of anilines is 1. The van der Waals surface area contributed by atoms with E-state index in [2.05, 4.69) is 25.3 Å². The van der Waals surface area contributed by atoms with Crippen molar-refractivity contribution < 1.29 is 18.4 Å². The first kappa shape index (κ1) is 22.7. The lowest BCUT2D eigenvalue weighted by Gasteiger charge is -2.21. The minimum absolute atomic E-state index is 0.0114. The molecule has 0 unspecified atom stereocenters. The van der Waals surface area contributed by atoms with Gasteiger partial charge in [-0.15, -0.1) is 0 Å². The van der Waals surface area contributed by atoms with Gasteiger partial charge in [-0.2, -0.15) is 4.98 Å². The maximum absolute atomic E-state index is 13.2. The summed E-state index contributed by atoms with van der Waals surface area (Å²) in [5, 5.41) is 6.91. The van der Waals surface area contributed by atoms with E-state index in [0.29, 0.717) is 41.0 Å². The molecule has 3 heterocycles. The van der Waals surface area contributed by atoms with Crippen LogP contribution >= 0.6 is 0 Å². The summed E-state index contributed by atoms with van der Waals surface area (Å²) in [6.45, 7) is 1.59. The Bertz CT molecular complexity index is 1290. The van der Waals surface area contributed by atoms with Crippen molar-refractivity contribution in [1.82, 2.24) is 20.0 Å². The van der Waals surface area contributed by atoms with Gasteiger partial charge in [0.1, 0.15) is 17.4 Å². The molecule has 2 aromatic heterocycles. The fourth-order valence-electron chi connectivity index (χ4n) is 4.14. The lowest BCUT2D eigenvalue weighted by atomic mass is 10.1. The molecule has 4 aromatic rings. The van der Waals surface area contributed by atoms with Gasteiger partial charge in [0.15, 0.2) is 0 Å². The molecule has 2 aromatic carbocycles. The summed E-state index contributed by atoms with van der Waals surface area (Å²) in [7, 11) is 1.57. The van der Waals surface area contributed by atoms with Gasteiger partial charge in [0.05, 0.1) is 13.2 Å². The van der Waals surface area contributed by atoms with E-state index in [-0.39, 0.29) is 17.8 Å². The molecule has 9 heteroatoms. The van der Waals surface area contributed by atoms with Gasteiger partial charge >= 0.3 is 0 Å². The Hall–Kier alpha value is -4.11. The molecule has 1 amide bonds. The van der Waals surface area contributed by atoms with E-state index in [9.17, 15) is 9.18 Å². The third-order valence-electron chi connectivity index (χ3n) is 6.00. The number of carbonyl (C=O) groups is 1. The average Bonchev–Trinajstić information content (AvgIpc) is 3.56. The van der Waals surface area contributed by atoms with Gasteiger partial charge in [-0.1, -0.05) is 17.3 Å².